The van der Waals surface area contributed by atoms with E-state index in [1.54, 1.807) is 28.3 Å². The molecule has 2 heterocycles. The van der Waals surface area contributed by atoms with Gasteiger partial charge >= 0.3 is 6.03 Å². The molecule has 1 fully saturated rings. The van der Waals surface area contributed by atoms with Crippen molar-refractivity contribution < 1.29 is 9.90 Å². The lowest BCUT2D eigenvalue weighted by molar-refractivity contribution is 0.199. The lowest BCUT2D eigenvalue weighted by Gasteiger charge is -2.17. The highest BCUT2D eigenvalue weighted by atomic mass is 16.3. The number of amides is 2. The first-order chi connectivity index (χ1) is 7.33. The molecule has 0 aromatic carbocycles. The predicted molar refractivity (Wildman–Crippen MR) is 55.6 cm³/mol. The van der Waals surface area contributed by atoms with Crippen molar-refractivity contribution in [1.29, 1.82) is 0 Å². The summed E-state index contributed by atoms with van der Waals surface area (Å²) in [6, 6.07) is 3.60. The summed E-state index contributed by atoms with van der Waals surface area (Å²) in [4.78, 5) is 19.1. The third kappa shape index (κ3) is 1.92. The molecule has 0 aliphatic carbocycles. The largest absolute Gasteiger partial charge is 0.395 e. The van der Waals surface area contributed by atoms with E-state index in [-0.39, 0.29) is 12.6 Å². The number of aliphatic hydroxyl groups is 1. The second kappa shape index (κ2) is 4.27. The molecule has 2 amide bonds. The number of nitrogens with zero attached hydrogens (tertiary/aromatic N) is 3. The Morgan fingerprint density at radius 2 is 2.33 bits per heavy atom. The van der Waals surface area contributed by atoms with Crippen LogP contribution in [-0.4, -0.2) is 47.3 Å². The standard InChI is InChI=1S/C10H13N3O2/c14-7-6-12-4-5-13(10(12)15)9-2-1-3-11-8-9/h1-3,8,14H,4-7H2. The SMILES string of the molecule is O=C1N(CCO)CCN1c1cccnc1. The average Bonchev–Trinajstić information content (AvgIpc) is 2.63. The fourth-order valence-electron chi connectivity index (χ4n) is 1.66. The Morgan fingerprint density at radius 1 is 1.47 bits per heavy atom. The van der Waals surface area contributed by atoms with Gasteiger partial charge in [-0.05, 0) is 12.1 Å². The van der Waals surface area contributed by atoms with Gasteiger partial charge in [0.2, 0.25) is 0 Å². The van der Waals surface area contributed by atoms with Crippen molar-refractivity contribution in [3.63, 3.8) is 0 Å². The third-order valence-corrected chi connectivity index (χ3v) is 2.42. The predicted octanol–water partition coefficient (Wildman–Crippen LogP) is 0.316. The second-order valence-electron chi connectivity index (χ2n) is 3.36. The molecular weight excluding hydrogens is 194 g/mol. The molecule has 1 aliphatic heterocycles. The Labute approximate surface area is 87.9 Å². The van der Waals surface area contributed by atoms with E-state index in [1.807, 2.05) is 6.07 Å². The van der Waals surface area contributed by atoms with Crippen LogP contribution < -0.4 is 4.90 Å². The van der Waals surface area contributed by atoms with Crippen LogP contribution in [0.2, 0.25) is 0 Å². The maximum absolute atomic E-state index is 11.8. The molecule has 1 saturated heterocycles. The summed E-state index contributed by atoms with van der Waals surface area (Å²) in [6.07, 6.45) is 3.34. The van der Waals surface area contributed by atoms with Crippen molar-refractivity contribution in [1.82, 2.24) is 9.88 Å². The number of hydrogen-bond donors (Lipinski definition) is 1. The summed E-state index contributed by atoms with van der Waals surface area (Å²) in [5.41, 5.74) is 0.808. The normalized spacial score (nSPS) is 16.2. The minimum Gasteiger partial charge on any atom is -0.395 e. The van der Waals surface area contributed by atoms with E-state index in [0.29, 0.717) is 19.6 Å². The molecular formula is C10H13N3O2. The molecule has 5 heteroatoms. The van der Waals surface area contributed by atoms with Crippen LogP contribution in [0.3, 0.4) is 0 Å². The first-order valence-electron chi connectivity index (χ1n) is 4.90. The molecule has 0 bridgehead atoms. The summed E-state index contributed by atoms with van der Waals surface area (Å²) in [5.74, 6) is 0. The van der Waals surface area contributed by atoms with Gasteiger partial charge < -0.3 is 10.0 Å². The molecule has 15 heavy (non-hydrogen) atoms. The summed E-state index contributed by atoms with van der Waals surface area (Å²) in [7, 11) is 0. The van der Waals surface area contributed by atoms with Gasteiger partial charge in [-0.3, -0.25) is 9.88 Å². The molecule has 0 radical (unpaired) electrons. The summed E-state index contributed by atoms with van der Waals surface area (Å²) in [5, 5.41) is 8.78. The van der Waals surface area contributed by atoms with E-state index in [0.717, 1.165) is 5.69 Å². The Hall–Kier alpha value is -1.62. The first kappa shape index (κ1) is 9.92. The van der Waals surface area contributed by atoms with Gasteiger partial charge in [-0.2, -0.15) is 0 Å². The van der Waals surface area contributed by atoms with Gasteiger partial charge in [0.1, 0.15) is 0 Å². The number of carbonyl (C=O) groups excluding carboxylic acids is 1. The van der Waals surface area contributed by atoms with Crippen LogP contribution in [0.5, 0.6) is 0 Å². The van der Waals surface area contributed by atoms with Crippen molar-refractivity contribution in [3.05, 3.63) is 24.5 Å². The van der Waals surface area contributed by atoms with Crippen LogP contribution in [-0.2, 0) is 0 Å². The van der Waals surface area contributed by atoms with Crippen molar-refractivity contribution in [2.45, 2.75) is 0 Å². The van der Waals surface area contributed by atoms with Crippen LogP contribution >= 0.6 is 0 Å². The minimum absolute atomic E-state index is 0.00657. The number of carbonyl (C=O) groups is 1. The molecule has 80 valence electrons. The second-order valence-corrected chi connectivity index (χ2v) is 3.36. The number of aliphatic hydroxyl groups excluding tert-OH is 1. The first-order valence-corrected chi connectivity index (χ1v) is 4.90. The summed E-state index contributed by atoms with van der Waals surface area (Å²) in [6.45, 7) is 1.72. The maximum atomic E-state index is 11.8. The summed E-state index contributed by atoms with van der Waals surface area (Å²) < 4.78 is 0. The van der Waals surface area contributed by atoms with Crippen LogP contribution in [0.4, 0.5) is 10.5 Å². The van der Waals surface area contributed by atoms with Crippen molar-refractivity contribution in [2.75, 3.05) is 31.1 Å². The Morgan fingerprint density at radius 3 is 3.00 bits per heavy atom. The number of β-amino-alcohol motifs (C(OH)–C–C–N with tert-alkyl or cyclic N) is 1. The highest BCUT2D eigenvalue weighted by Gasteiger charge is 2.28. The van der Waals surface area contributed by atoms with E-state index >= 15 is 0 Å². The zero-order valence-electron chi connectivity index (χ0n) is 8.33. The van der Waals surface area contributed by atoms with Crippen LogP contribution in [0.1, 0.15) is 0 Å². The van der Waals surface area contributed by atoms with Crippen molar-refractivity contribution in [2.24, 2.45) is 0 Å². The average molecular weight is 207 g/mol. The topological polar surface area (TPSA) is 56.7 Å². The molecule has 2 rings (SSSR count). The highest BCUT2D eigenvalue weighted by molar-refractivity contribution is 5.93. The van der Waals surface area contributed by atoms with Gasteiger partial charge in [0.25, 0.3) is 0 Å². The molecule has 0 saturated carbocycles. The molecule has 1 aromatic heterocycles. The van der Waals surface area contributed by atoms with Crippen LogP contribution in [0, 0.1) is 0 Å². The fourth-order valence-corrected chi connectivity index (χ4v) is 1.66. The molecule has 1 N–H and O–H groups in total. The zero-order valence-corrected chi connectivity index (χ0v) is 8.33. The number of urea groups is 1. The molecule has 1 aromatic rings. The molecule has 5 nitrogen and oxygen atoms in total. The maximum Gasteiger partial charge on any atom is 0.324 e. The highest BCUT2D eigenvalue weighted by Crippen LogP contribution is 2.18. The van der Waals surface area contributed by atoms with E-state index in [4.69, 9.17) is 5.11 Å². The van der Waals surface area contributed by atoms with Crippen LogP contribution in [0.15, 0.2) is 24.5 Å². The van der Waals surface area contributed by atoms with Crippen molar-refractivity contribution >= 4 is 11.7 Å². The van der Waals surface area contributed by atoms with E-state index in [9.17, 15) is 4.79 Å². The minimum atomic E-state index is -0.0583. The summed E-state index contributed by atoms with van der Waals surface area (Å²) >= 11 is 0. The van der Waals surface area contributed by atoms with E-state index in [2.05, 4.69) is 4.98 Å². The smallest absolute Gasteiger partial charge is 0.324 e. The van der Waals surface area contributed by atoms with E-state index in [1.165, 1.54) is 0 Å². The number of pyridine rings is 1. The quantitative estimate of drug-likeness (QED) is 0.776. The van der Waals surface area contributed by atoms with Gasteiger partial charge in [0.05, 0.1) is 18.5 Å². The Balaban J connectivity index is 2.11. The lowest BCUT2D eigenvalue weighted by Crippen LogP contribution is -2.33. The van der Waals surface area contributed by atoms with Crippen LogP contribution in [0.25, 0.3) is 0 Å². The third-order valence-electron chi connectivity index (χ3n) is 2.42. The monoisotopic (exact) mass is 207 g/mol. The number of aromatic nitrogens is 1. The number of rotatable bonds is 3. The zero-order chi connectivity index (χ0) is 10.7. The van der Waals surface area contributed by atoms with Gasteiger partial charge in [-0.15, -0.1) is 0 Å². The molecule has 0 unspecified atom stereocenters. The molecule has 0 spiro atoms. The Kier molecular flexibility index (Phi) is 2.82. The molecule has 1 aliphatic rings. The number of anilines is 1. The van der Waals surface area contributed by atoms with Gasteiger partial charge in [0, 0.05) is 25.8 Å². The number of hydrogen-bond acceptors (Lipinski definition) is 3. The molecule has 0 atom stereocenters. The van der Waals surface area contributed by atoms with Crippen molar-refractivity contribution in [3.8, 4) is 0 Å². The Bertz CT molecular complexity index is 342. The van der Waals surface area contributed by atoms with Gasteiger partial charge in [-0.25, -0.2) is 4.79 Å². The van der Waals surface area contributed by atoms with Gasteiger partial charge in [-0.1, -0.05) is 0 Å². The lowest BCUT2D eigenvalue weighted by atomic mass is 10.4. The van der Waals surface area contributed by atoms with E-state index < -0.39 is 0 Å². The fraction of sp³-hybridized carbons (Fsp3) is 0.400. The van der Waals surface area contributed by atoms with Gasteiger partial charge in [0.15, 0.2) is 0 Å².